The number of hydrogen-bond acceptors (Lipinski definition) is 1. The molecule has 7 heteroatoms. The van der Waals surface area contributed by atoms with Crippen molar-refractivity contribution in [2.24, 2.45) is 0 Å². The molecule has 0 radical (unpaired) electrons. The molecular formula is C10H7F5N2. The van der Waals surface area contributed by atoms with Crippen LogP contribution in [0.3, 0.4) is 0 Å². The van der Waals surface area contributed by atoms with Crippen LogP contribution in [0.15, 0.2) is 12.1 Å². The second-order valence-corrected chi connectivity index (χ2v) is 3.58. The minimum absolute atomic E-state index is 0.0122. The van der Waals surface area contributed by atoms with Crippen molar-refractivity contribution >= 4 is 11.0 Å². The number of imidazole rings is 1. The van der Waals surface area contributed by atoms with E-state index in [0.29, 0.717) is 6.07 Å². The van der Waals surface area contributed by atoms with Gasteiger partial charge >= 0.3 is 6.18 Å². The average Bonchev–Trinajstić information content (AvgIpc) is 2.56. The van der Waals surface area contributed by atoms with Crippen LogP contribution in [0, 0.1) is 11.6 Å². The van der Waals surface area contributed by atoms with Gasteiger partial charge in [-0.3, -0.25) is 0 Å². The Labute approximate surface area is 92.5 Å². The lowest BCUT2D eigenvalue weighted by Crippen LogP contribution is -2.09. The molecule has 1 aromatic heterocycles. The Morgan fingerprint density at radius 1 is 1.18 bits per heavy atom. The van der Waals surface area contributed by atoms with Crippen molar-refractivity contribution in [1.82, 2.24) is 9.97 Å². The SMILES string of the molecule is Fc1cc(F)c2nc(CCC(F)(F)F)[nH]c2c1. The number of alkyl halides is 3. The average molecular weight is 250 g/mol. The van der Waals surface area contributed by atoms with E-state index in [-0.39, 0.29) is 23.3 Å². The first-order valence-electron chi connectivity index (χ1n) is 4.75. The van der Waals surface area contributed by atoms with Crippen LogP contribution in [0.1, 0.15) is 12.2 Å². The normalized spacial score (nSPS) is 12.3. The molecule has 0 bridgehead atoms. The standard InChI is InChI=1S/C10H7F5N2/c11-5-3-6(12)9-7(4-5)16-8(17-9)1-2-10(13,14)15/h3-4H,1-2H2,(H,16,17). The van der Waals surface area contributed by atoms with Crippen LogP contribution in [0.2, 0.25) is 0 Å². The number of fused-ring (bicyclic) bond motifs is 1. The predicted molar refractivity (Wildman–Crippen MR) is 50.4 cm³/mol. The van der Waals surface area contributed by atoms with Crippen LogP contribution in [-0.2, 0) is 6.42 Å². The molecule has 2 rings (SSSR count). The van der Waals surface area contributed by atoms with E-state index < -0.39 is 24.2 Å². The maximum absolute atomic E-state index is 13.2. The first kappa shape index (κ1) is 11.8. The van der Waals surface area contributed by atoms with Crippen molar-refractivity contribution < 1.29 is 22.0 Å². The first-order valence-corrected chi connectivity index (χ1v) is 4.75. The van der Waals surface area contributed by atoms with Crippen molar-refractivity contribution in [3.05, 3.63) is 29.6 Å². The van der Waals surface area contributed by atoms with Crippen LogP contribution in [0.5, 0.6) is 0 Å². The predicted octanol–water partition coefficient (Wildman–Crippen LogP) is 3.34. The molecule has 1 heterocycles. The van der Waals surface area contributed by atoms with Gasteiger partial charge in [-0.05, 0) is 6.07 Å². The summed E-state index contributed by atoms with van der Waals surface area (Å²) >= 11 is 0. The van der Waals surface area contributed by atoms with Crippen LogP contribution < -0.4 is 0 Å². The van der Waals surface area contributed by atoms with E-state index >= 15 is 0 Å². The number of aromatic nitrogens is 2. The summed E-state index contributed by atoms with van der Waals surface area (Å²) in [4.78, 5) is 6.12. The number of hydrogen-bond donors (Lipinski definition) is 1. The van der Waals surface area contributed by atoms with E-state index in [1.807, 2.05) is 0 Å². The Bertz CT molecular complexity index is 543. The molecule has 0 aliphatic carbocycles. The molecule has 92 valence electrons. The molecule has 0 saturated heterocycles. The maximum Gasteiger partial charge on any atom is 0.389 e. The molecule has 0 unspecified atom stereocenters. The smallest absolute Gasteiger partial charge is 0.342 e. The number of aryl methyl sites for hydroxylation is 1. The van der Waals surface area contributed by atoms with Gasteiger partial charge in [0.05, 0.1) is 11.9 Å². The number of nitrogens with one attached hydrogen (secondary N) is 1. The Morgan fingerprint density at radius 3 is 2.53 bits per heavy atom. The molecular weight excluding hydrogens is 243 g/mol. The van der Waals surface area contributed by atoms with Gasteiger partial charge in [-0.2, -0.15) is 13.2 Å². The number of rotatable bonds is 2. The third kappa shape index (κ3) is 2.72. The quantitative estimate of drug-likeness (QED) is 0.813. The van der Waals surface area contributed by atoms with Gasteiger partial charge in [-0.25, -0.2) is 13.8 Å². The molecule has 1 aromatic carbocycles. The summed E-state index contributed by atoms with van der Waals surface area (Å²) in [6.45, 7) is 0. The minimum Gasteiger partial charge on any atom is -0.342 e. The first-order chi connectivity index (χ1) is 7.85. The van der Waals surface area contributed by atoms with E-state index in [9.17, 15) is 22.0 Å². The van der Waals surface area contributed by atoms with Crippen molar-refractivity contribution in [1.29, 1.82) is 0 Å². The number of benzene rings is 1. The summed E-state index contributed by atoms with van der Waals surface area (Å²) in [6, 6.07) is 1.62. The Kier molecular flexibility index (Phi) is 2.76. The Morgan fingerprint density at radius 2 is 1.88 bits per heavy atom. The zero-order valence-corrected chi connectivity index (χ0v) is 8.41. The highest BCUT2D eigenvalue weighted by Crippen LogP contribution is 2.23. The molecule has 0 fully saturated rings. The van der Waals surface area contributed by atoms with Crippen LogP contribution in [0.25, 0.3) is 11.0 Å². The third-order valence-electron chi connectivity index (χ3n) is 2.20. The van der Waals surface area contributed by atoms with E-state index in [1.54, 1.807) is 0 Å². The van der Waals surface area contributed by atoms with Crippen LogP contribution in [0.4, 0.5) is 22.0 Å². The second kappa shape index (κ2) is 3.97. The lowest BCUT2D eigenvalue weighted by atomic mass is 10.3. The van der Waals surface area contributed by atoms with Gasteiger partial charge in [0.2, 0.25) is 0 Å². The van der Waals surface area contributed by atoms with E-state index in [1.165, 1.54) is 0 Å². The van der Waals surface area contributed by atoms with Crippen molar-refractivity contribution in [3.63, 3.8) is 0 Å². The number of aromatic amines is 1. The fourth-order valence-electron chi connectivity index (χ4n) is 1.47. The highest BCUT2D eigenvalue weighted by atomic mass is 19.4. The van der Waals surface area contributed by atoms with E-state index in [2.05, 4.69) is 9.97 Å². The van der Waals surface area contributed by atoms with Gasteiger partial charge in [0, 0.05) is 12.5 Å². The summed E-state index contributed by atoms with van der Waals surface area (Å²) in [7, 11) is 0. The highest BCUT2D eigenvalue weighted by Gasteiger charge is 2.27. The number of nitrogens with zero attached hydrogens (tertiary/aromatic N) is 1. The second-order valence-electron chi connectivity index (χ2n) is 3.58. The molecule has 0 aliphatic rings. The summed E-state index contributed by atoms with van der Waals surface area (Å²) in [5, 5.41) is 0. The Balaban J connectivity index is 2.29. The van der Waals surface area contributed by atoms with Crippen molar-refractivity contribution in [2.75, 3.05) is 0 Å². The van der Waals surface area contributed by atoms with Gasteiger partial charge in [0.15, 0.2) is 5.82 Å². The van der Waals surface area contributed by atoms with Crippen LogP contribution in [-0.4, -0.2) is 16.1 Å². The van der Waals surface area contributed by atoms with Gasteiger partial charge < -0.3 is 4.98 Å². The minimum atomic E-state index is -4.30. The summed E-state index contributed by atoms with van der Waals surface area (Å²) in [6.07, 6.45) is -5.75. The zero-order valence-electron chi connectivity index (χ0n) is 8.41. The van der Waals surface area contributed by atoms with Crippen LogP contribution >= 0.6 is 0 Å². The third-order valence-corrected chi connectivity index (χ3v) is 2.20. The fourth-order valence-corrected chi connectivity index (χ4v) is 1.47. The molecule has 17 heavy (non-hydrogen) atoms. The molecule has 2 nitrogen and oxygen atoms in total. The number of H-pyrrole nitrogens is 1. The summed E-state index contributed by atoms with van der Waals surface area (Å²) in [5.74, 6) is -1.71. The summed E-state index contributed by atoms with van der Waals surface area (Å²) < 4.78 is 61.9. The largest absolute Gasteiger partial charge is 0.389 e. The lowest BCUT2D eigenvalue weighted by molar-refractivity contribution is -0.134. The zero-order chi connectivity index (χ0) is 12.6. The van der Waals surface area contributed by atoms with E-state index in [0.717, 1.165) is 6.07 Å². The molecule has 0 spiro atoms. The van der Waals surface area contributed by atoms with Crippen molar-refractivity contribution in [2.45, 2.75) is 19.0 Å². The topological polar surface area (TPSA) is 28.7 Å². The van der Waals surface area contributed by atoms with Gasteiger partial charge in [0.25, 0.3) is 0 Å². The maximum atomic E-state index is 13.2. The number of halogens is 5. The molecule has 2 aromatic rings. The fraction of sp³-hybridized carbons (Fsp3) is 0.300. The highest BCUT2D eigenvalue weighted by molar-refractivity contribution is 5.75. The lowest BCUT2D eigenvalue weighted by Gasteiger charge is -2.02. The monoisotopic (exact) mass is 250 g/mol. The molecule has 1 N–H and O–H groups in total. The van der Waals surface area contributed by atoms with Gasteiger partial charge in [-0.15, -0.1) is 0 Å². The molecule has 0 saturated carbocycles. The Hall–Kier alpha value is -1.66. The molecule has 0 amide bonds. The molecule has 0 atom stereocenters. The van der Waals surface area contributed by atoms with E-state index in [4.69, 9.17) is 0 Å². The van der Waals surface area contributed by atoms with Gasteiger partial charge in [0.1, 0.15) is 17.2 Å². The van der Waals surface area contributed by atoms with Crippen molar-refractivity contribution in [3.8, 4) is 0 Å². The molecule has 0 aliphatic heterocycles. The van der Waals surface area contributed by atoms with Gasteiger partial charge in [-0.1, -0.05) is 0 Å². The summed E-state index contributed by atoms with van der Waals surface area (Å²) in [5.41, 5.74) is -0.0942.